The van der Waals surface area contributed by atoms with Crippen molar-refractivity contribution in [2.75, 3.05) is 9.80 Å². The lowest BCUT2D eigenvalue weighted by atomic mass is 9.78. The number of hydrogen-bond acceptors (Lipinski definition) is 2. The van der Waals surface area contributed by atoms with Crippen molar-refractivity contribution >= 4 is 34.1 Å². The van der Waals surface area contributed by atoms with Gasteiger partial charge in [0.05, 0.1) is 0 Å². The van der Waals surface area contributed by atoms with Crippen LogP contribution in [0, 0.1) is 0 Å². The van der Waals surface area contributed by atoms with Gasteiger partial charge in [0.1, 0.15) is 0 Å². The van der Waals surface area contributed by atoms with Gasteiger partial charge in [0.2, 0.25) is 0 Å². The molecule has 2 heteroatoms. The summed E-state index contributed by atoms with van der Waals surface area (Å²) < 4.78 is 0. The Labute approximate surface area is 259 Å². The van der Waals surface area contributed by atoms with Gasteiger partial charge in [-0.3, -0.25) is 0 Å². The number of nitrogens with zero attached hydrogens (tertiary/aromatic N) is 2. The Balaban J connectivity index is 1.53. The van der Waals surface area contributed by atoms with E-state index >= 15 is 0 Å². The Morgan fingerprint density at radius 1 is 0.372 bits per heavy atom. The highest BCUT2D eigenvalue weighted by molar-refractivity contribution is 5.81. The van der Waals surface area contributed by atoms with Crippen molar-refractivity contribution in [3.63, 3.8) is 0 Å². The minimum atomic E-state index is 0.155. The van der Waals surface area contributed by atoms with Crippen LogP contribution in [-0.2, 0) is 10.8 Å². The normalized spacial score (nSPS) is 11.8. The van der Waals surface area contributed by atoms with Crippen molar-refractivity contribution in [1.29, 1.82) is 0 Å². The second-order valence-electron chi connectivity index (χ2n) is 12.5. The summed E-state index contributed by atoms with van der Waals surface area (Å²) in [6, 6.07) is 48.5. The number of anilines is 6. The molecule has 0 aliphatic carbocycles. The summed E-state index contributed by atoms with van der Waals surface area (Å²) >= 11 is 0. The standard InChI is InChI=1S/C41H46N2/c1-7-40(4,5)32-20-24-36(25-21-32)42(34-16-12-10-13-17-34)38-28-30-39(31-29-38)43(35-18-14-11-15-19-35)37-26-22-33(23-27-37)41(6,8-2)9-3/h10-31H,7-9H2,1-6H3. The molecule has 0 saturated carbocycles. The molecule has 0 aliphatic heterocycles. The summed E-state index contributed by atoms with van der Waals surface area (Å²) in [6.07, 6.45) is 3.36. The molecule has 5 aromatic carbocycles. The third-order valence-electron chi connectivity index (χ3n) is 9.57. The van der Waals surface area contributed by atoms with Gasteiger partial charge in [0.15, 0.2) is 0 Å². The number of para-hydroxylation sites is 2. The summed E-state index contributed by atoms with van der Waals surface area (Å²) in [5.74, 6) is 0. The van der Waals surface area contributed by atoms with E-state index in [2.05, 4.69) is 185 Å². The predicted octanol–water partition coefficient (Wildman–Crippen LogP) is 12.4. The Hall–Kier alpha value is -4.30. The Morgan fingerprint density at radius 2 is 0.674 bits per heavy atom. The summed E-state index contributed by atoms with van der Waals surface area (Å²) in [7, 11) is 0. The zero-order chi connectivity index (χ0) is 30.5. The van der Waals surface area contributed by atoms with Crippen LogP contribution in [0.25, 0.3) is 0 Å². The molecule has 2 nitrogen and oxygen atoms in total. The van der Waals surface area contributed by atoms with E-state index in [1.807, 2.05) is 0 Å². The van der Waals surface area contributed by atoms with Crippen LogP contribution in [0.15, 0.2) is 133 Å². The first-order valence-corrected chi connectivity index (χ1v) is 15.8. The molecule has 0 unspecified atom stereocenters. The molecule has 0 atom stereocenters. The van der Waals surface area contributed by atoms with E-state index < -0.39 is 0 Å². The van der Waals surface area contributed by atoms with Crippen LogP contribution in [0.1, 0.15) is 71.9 Å². The van der Waals surface area contributed by atoms with Crippen molar-refractivity contribution in [3.8, 4) is 0 Å². The van der Waals surface area contributed by atoms with Crippen LogP contribution in [0.3, 0.4) is 0 Å². The molecular weight excluding hydrogens is 520 g/mol. The van der Waals surface area contributed by atoms with Crippen molar-refractivity contribution in [3.05, 3.63) is 145 Å². The molecule has 0 radical (unpaired) electrons. The molecule has 5 aromatic rings. The maximum atomic E-state index is 2.37. The zero-order valence-corrected chi connectivity index (χ0v) is 26.7. The molecule has 220 valence electrons. The predicted molar refractivity (Wildman–Crippen MR) is 187 cm³/mol. The minimum Gasteiger partial charge on any atom is -0.311 e. The molecule has 0 heterocycles. The van der Waals surface area contributed by atoms with E-state index in [4.69, 9.17) is 0 Å². The molecular formula is C41H46N2. The SMILES string of the molecule is CCC(C)(C)c1ccc(N(c2ccccc2)c2ccc(N(c3ccccc3)c3ccc(C(C)(CC)CC)cc3)cc2)cc1. The van der Waals surface area contributed by atoms with Crippen molar-refractivity contribution in [2.45, 2.75) is 71.6 Å². The van der Waals surface area contributed by atoms with E-state index in [0.29, 0.717) is 0 Å². The number of hydrogen-bond donors (Lipinski definition) is 0. The summed E-state index contributed by atoms with van der Waals surface area (Å²) in [5.41, 5.74) is 9.97. The van der Waals surface area contributed by atoms with Gasteiger partial charge in [0, 0.05) is 34.1 Å². The molecule has 0 saturated heterocycles. The van der Waals surface area contributed by atoms with Gasteiger partial charge in [-0.15, -0.1) is 0 Å². The Kier molecular flexibility index (Phi) is 9.06. The fraction of sp³-hybridized carbons (Fsp3) is 0.268. The highest BCUT2D eigenvalue weighted by Gasteiger charge is 2.23. The first-order chi connectivity index (χ1) is 20.8. The van der Waals surface area contributed by atoms with E-state index in [0.717, 1.165) is 53.4 Å². The molecule has 43 heavy (non-hydrogen) atoms. The molecule has 0 aromatic heterocycles. The largest absolute Gasteiger partial charge is 0.311 e. The Morgan fingerprint density at radius 3 is 1.00 bits per heavy atom. The van der Waals surface area contributed by atoms with Crippen LogP contribution in [-0.4, -0.2) is 0 Å². The van der Waals surface area contributed by atoms with E-state index in [-0.39, 0.29) is 10.8 Å². The molecule has 0 bridgehead atoms. The van der Waals surface area contributed by atoms with Crippen LogP contribution in [0.4, 0.5) is 34.1 Å². The number of rotatable bonds is 11. The van der Waals surface area contributed by atoms with E-state index in [1.54, 1.807) is 0 Å². The van der Waals surface area contributed by atoms with Gasteiger partial charge in [-0.25, -0.2) is 0 Å². The summed E-state index contributed by atoms with van der Waals surface area (Å²) in [6.45, 7) is 13.8. The van der Waals surface area contributed by atoms with Gasteiger partial charge in [-0.2, -0.15) is 0 Å². The lowest BCUT2D eigenvalue weighted by molar-refractivity contribution is 0.439. The maximum Gasteiger partial charge on any atom is 0.0463 e. The van der Waals surface area contributed by atoms with E-state index in [1.165, 1.54) is 11.1 Å². The molecule has 0 aliphatic rings. The average molecular weight is 567 g/mol. The topological polar surface area (TPSA) is 6.48 Å². The molecule has 0 fully saturated rings. The summed E-state index contributed by atoms with van der Waals surface area (Å²) in [4.78, 5) is 4.68. The van der Waals surface area contributed by atoms with Crippen molar-refractivity contribution < 1.29 is 0 Å². The first-order valence-electron chi connectivity index (χ1n) is 15.8. The molecule has 5 rings (SSSR count). The van der Waals surface area contributed by atoms with Gasteiger partial charge in [-0.05, 0) is 114 Å². The van der Waals surface area contributed by atoms with Crippen LogP contribution >= 0.6 is 0 Å². The quantitative estimate of drug-likeness (QED) is 0.157. The van der Waals surface area contributed by atoms with Crippen LogP contribution in [0.5, 0.6) is 0 Å². The third kappa shape index (κ3) is 6.39. The second-order valence-corrected chi connectivity index (χ2v) is 12.5. The average Bonchev–Trinajstić information content (AvgIpc) is 3.07. The van der Waals surface area contributed by atoms with Crippen LogP contribution in [0.2, 0.25) is 0 Å². The van der Waals surface area contributed by atoms with E-state index in [9.17, 15) is 0 Å². The Bertz CT molecular complexity index is 1560. The van der Waals surface area contributed by atoms with Crippen molar-refractivity contribution in [1.82, 2.24) is 0 Å². The van der Waals surface area contributed by atoms with Gasteiger partial charge in [0.25, 0.3) is 0 Å². The molecule has 0 spiro atoms. The van der Waals surface area contributed by atoms with Crippen LogP contribution < -0.4 is 9.80 Å². The lowest BCUT2D eigenvalue weighted by Gasteiger charge is -2.30. The van der Waals surface area contributed by atoms with Crippen molar-refractivity contribution in [2.24, 2.45) is 0 Å². The fourth-order valence-corrected chi connectivity index (χ4v) is 5.74. The lowest BCUT2D eigenvalue weighted by Crippen LogP contribution is -2.19. The summed E-state index contributed by atoms with van der Waals surface area (Å²) in [5, 5.41) is 0. The second kappa shape index (κ2) is 12.9. The molecule has 0 N–H and O–H groups in total. The number of benzene rings is 5. The molecule has 0 amide bonds. The zero-order valence-electron chi connectivity index (χ0n) is 26.7. The van der Waals surface area contributed by atoms with Gasteiger partial charge < -0.3 is 9.80 Å². The monoisotopic (exact) mass is 566 g/mol. The first kappa shape index (κ1) is 30.2. The van der Waals surface area contributed by atoms with Gasteiger partial charge >= 0.3 is 0 Å². The highest BCUT2D eigenvalue weighted by atomic mass is 15.2. The van der Waals surface area contributed by atoms with Gasteiger partial charge in [-0.1, -0.05) is 102 Å². The smallest absolute Gasteiger partial charge is 0.0463 e. The fourth-order valence-electron chi connectivity index (χ4n) is 5.74. The minimum absolute atomic E-state index is 0.155. The maximum absolute atomic E-state index is 2.37. The third-order valence-corrected chi connectivity index (χ3v) is 9.57. The highest BCUT2D eigenvalue weighted by Crippen LogP contribution is 2.40.